The first-order valence-electron chi connectivity index (χ1n) is 6.73. The van der Waals surface area contributed by atoms with E-state index in [0.717, 1.165) is 12.5 Å². The molecule has 110 valence electrons. The molecule has 0 aliphatic heterocycles. The molecule has 4 nitrogen and oxygen atoms in total. The molecule has 0 radical (unpaired) electrons. The number of halogens is 2. The summed E-state index contributed by atoms with van der Waals surface area (Å²) < 4.78 is 26.9. The molecule has 2 aliphatic rings. The normalized spacial score (nSPS) is 29.6. The molecule has 4 atom stereocenters. The van der Waals surface area contributed by atoms with Crippen LogP contribution in [0.25, 0.3) is 0 Å². The predicted molar refractivity (Wildman–Crippen MR) is 74.1 cm³/mol. The maximum atomic E-state index is 13.5. The third-order valence-corrected chi connectivity index (χ3v) is 4.25. The van der Waals surface area contributed by atoms with Crippen molar-refractivity contribution in [2.75, 3.05) is 0 Å². The lowest BCUT2D eigenvalue weighted by molar-refractivity contribution is -0.122. The number of guanidine groups is 1. The zero-order valence-electron chi connectivity index (χ0n) is 11.2. The summed E-state index contributed by atoms with van der Waals surface area (Å²) in [5.74, 6) is -2.68. The molecule has 0 saturated heterocycles. The summed E-state index contributed by atoms with van der Waals surface area (Å²) in [6, 6.07) is 3.37. The first kappa shape index (κ1) is 13.7. The molecule has 1 aromatic rings. The molecule has 0 spiro atoms. The Hall–Kier alpha value is -2.24. The van der Waals surface area contributed by atoms with Crippen molar-refractivity contribution in [3.63, 3.8) is 0 Å². The van der Waals surface area contributed by atoms with E-state index >= 15 is 0 Å². The molecular formula is C15H15F2N3O. The van der Waals surface area contributed by atoms with Gasteiger partial charge in [0, 0.05) is 12.0 Å². The van der Waals surface area contributed by atoms with Crippen LogP contribution >= 0.6 is 0 Å². The molecule has 4 N–H and O–H groups in total. The molecule has 2 aliphatic carbocycles. The van der Waals surface area contributed by atoms with E-state index in [1.54, 1.807) is 0 Å². The minimum Gasteiger partial charge on any atom is -0.370 e. The Kier molecular flexibility index (Phi) is 3.23. The number of rotatable bonds is 2. The lowest BCUT2D eigenvalue weighted by Gasteiger charge is -2.26. The summed E-state index contributed by atoms with van der Waals surface area (Å²) in [5, 5.41) is 0. The Balaban J connectivity index is 2.01. The van der Waals surface area contributed by atoms with Crippen molar-refractivity contribution in [3.05, 3.63) is 47.5 Å². The number of carbonyl (C=O) groups excluding carboxylic acids is 1. The van der Waals surface area contributed by atoms with Crippen LogP contribution in [0.5, 0.6) is 0 Å². The van der Waals surface area contributed by atoms with Crippen LogP contribution in [-0.2, 0) is 4.79 Å². The number of aliphatic imine (C=N–C) groups is 1. The van der Waals surface area contributed by atoms with Crippen LogP contribution in [0.1, 0.15) is 17.9 Å². The van der Waals surface area contributed by atoms with Gasteiger partial charge in [0.2, 0.25) is 0 Å². The molecule has 2 unspecified atom stereocenters. The second kappa shape index (κ2) is 4.95. The second-order valence-corrected chi connectivity index (χ2v) is 5.58. The molecular weight excluding hydrogens is 276 g/mol. The first-order chi connectivity index (χ1) is 9.95. The average Bonchev–Trinajstić information content (AvgIpc) is 2.96. The van der Waals surface area contributed by atoms with Crippen LogP contribution in [0.4, 0.5) is 8.78 Å². The van der Waals surface area contributed by atoms with E-state index in [2.05, 4.69) is 4.99 Å². The van der Waals surface area contributed by atoms with Gasteiger partial charge in [0.1, 0.15) is 11.6 Å². The van der Waals surface area contributed by atoms with Gasteiger partial charge in [-0.05, 0) is 36.0 Å². The van der Waals surface area contributed by atoms with Crippen molar-refractivity contribution < 1.29 is 13.6 Å². The first-order valence-corrected chi connectivity index (χ1v) is 6.73. The Morgan fingerprint density at radius 2 is 1.71 bits per heavy atom. The van der Waals surface area contributed by atoms with Gasteiger partial charge < -0.3 is 11.5 Å². The maximum absolute atomic E-state index is 13.5. The predicted octanol–water partition coefficient (Wildman–Crippen LogP) is 1.67. The molecule has 0 heterocycles. The van der Waals surface area contributed by atoms with Gasteiger partial charge in [0.25, 0.3) is 5.91 Å². The third-order valence-electron chi connectivity index (χ3n) is 4.25. The molecule has 6 heteroatoms. The van der Waals surface area contributed by atoms with Crippen LogP contribution in [0, 0.1) is 29.4 Å². The number of benzene rings is 1. The van der Waals surface area contributed by atoms with Crippen LogP contribution in [0.15, 0.2) is 35.3 Å². The Labute approximate surface area is 120 Å². The zero-order valence-corrected chi connectivity index (χ0v) is 11.2. The van der Waals surface area contributed by atoms with Crippen LogP contribution < -0.4 is 11.5 Å². The van der Waals surface area contributed by atoms with Gasteiger partial charge in [-0.2, -0.15) is 4.99 Å². The monoisotopic (exact) mass is 291 g/mol. The van der Waals surface area contributed by atoms with E-state index in [-0.39, 0.29) is 23.7 Å². The standard InChI is InChI=1S/C15H15F2N3O/c16-10-4-9(5-11(17)6-10)12-7-1-2-8(3-7)13(12)14(21)20-15(18)19/h1-2,4-8,12-13H,3H2,(H4,18,19,20,21)/t7?,8?,12-,13+/m0/s1. The van der Waals surface area contributed by atoms with Gasteiger partial charge in [-0.1, -0.05) is 12.2 Å². The summed E-state index contributed by atoms with van der Waals surface area (Å²) in [7, 11) is 0. The number of fused-ring (bicyclic) bond motifs is 2. The number of hydrogen-bond donors (Lipinski definition) is 2. The quantitative estimate of drug-likeness (QED) is 0.494. The summed E-state index contributed by atoms with van der Waals surface area (Å²) >= 11 is 0. The smallest absolute Gasteiger partial charge is 0.253 e. The topological polar surface area (TPSA) is 81.5 Å². The van der Waals surface area contributed by atoms with Crippen molar-refractivity contribution in [2.45, 2.75) is 12.3 Å². The highest BCUT2D eigenvalue weighted by molar-refractivity contribution is 5.93. The number of hydrogen-bond acceptors (Lipinski definition) is 1. The lowest BCUT2D eigenvalue weighted by Crippen LogP contribution is -2.30. The number of carbonyl (C=O) groups is 1. The van der Waals surface area contributed by atoms with Crippen molar-refractivity contribution in [3.8, 4) is 0 Å². The van der Waals surface area contributed by atoms with Gasteiger partial charge in [0.05, 0.1) is 5.92 Å². The van der Waals surface area contributed by atoms with E-state index in [0.29, 0.717) is 5.56 Å². The lowest BCUT2D eigenvalue weighted by atomic mass is 9.78. The van der Waals surface area contributed by atoms with Crippen molar-refractivity contribution >= 4 is 11.9 Å². The molecule has 0 aromatic heterocycles. The number of nitrogens with zero attached hydrogens (tertiary/aromatic N) is 1. The summed E-state index contributed by atoms with van der Waals surface area (Å²) in [5.41, 5.74) is 11.0. The molecule has 1 fully saturated rings. The molecule has 3 rings (SSSR count). The highest BCUT2D eigenvalue weighted by Crippen LogP contribution is 2.53. The van der Waals surface area contributed by atoms with Crippen molar-refractivity contribution in [1.82, 2.24) is 0 Å². The molecule has 1 aromatic carbocycles. The van der Waals surface area contributed by atoms with E-state index in [1.165, 1.54) is 12.1 Å². The van der Waals surface area contributed by atoms with E-state index in [9.17, 15) is 13.6 Å². The van der Waals surface area contributed by atoms with Crippen LogP contribution in [0.2, 0.25) is 0 Å². The summed E-state index contributed by atoms with van der Waals surface area (Å²) in [4.78, 5) is 15.8. The minimum atomic E-state index is -0.648. The van der Waals surface area contributed by atoms with Gasteiger partial charge in [-0.3, -0.25) is 4.79 Å². The largest absolute Gasteiger partial charge is 0.370 e. The van der Waals surface area contributed by atoms with E-state index in [1.807, 2.05) is 12.2 Å². The minimum absolute atomic E-state index is 0.0157. The van der Waals surface area contributed by atoms with Gasteiger partial charge >= 0.3 is 0 Å². The number of allylic oxidation sites excluding steroid dienone is 2. The molecule has 21 heavy (non-hydrogen) atoms. The van der Waals surface area contributed by atoms with Crippen molar-refractivity contribution in [1.29, 1.82) is 0 Å². The summed E-state index contributed by atoms with van der Waals surface area (Å²) in [6.07, 6.45) is 4.73. The Morgan fingerprint density at radius 3 is 2.33 bits per heavy atom. The second-order valence-electron chi connectivity index (χ2n) is 5.58. The van der Waals surface area contributed by atoms with E-state index < -0.39 is 23.5 Å². The highest BCUT2D eigenvalue weighted by Gasteiger charge is 2.48. The fraction of sp³-hybridized carbons (Fsp3) is 0.333. The zero-order chi connectivity index (χ0) is 15.1. The summed E-state index contributed by atoms with van der Waals surface area (Å²) in [6.45, 7) is 0. The third kappa shape index (κ3) is 2.41. The molecule has 1 amide bonds. The number of nitrogens with two attached hydrogens (primary N) is 2. The van der Waals surface area contributed by atoms with Crippen molar-refractivity contribution in [2.24, 2.45) is 34.2 Å². The SMILES string of the molecule is NC(N)=NC(=O)[C@@H]1C2C=CC(C2)[C@H]1c1cc(F)cc(F)c1. The maximum Gasteiger partial charge on any atom is 0.253 e. The van der Waals surface area contributed by atoms with Gasteiger partial charge in [-0.25, -0.2) is 8.78 Å². The Morgan fingerprint density at radius 1 is 1.10 bits per heavy atom. The van der Waals surface area contributed by atoms with Gasteiger partial charge in [-0.15, -0.1) is 0 Å². The molecule has 2 bridgehead atoms. The average molecular weight is 291 g/mol. The van der Waals surface area contributed by atoms with Crippen LogP contribution in [0.3, 0.4) is 0 Å². The van der Waals surface area contributed by atoms with Gasteiger partial charge in [0.15, 0.2) is 5.96 Å². The number of amides is 1. The fourth-order valence-corrected chi connectivity index (χ4v) is 3.58. The van der Waals surface area contributed by atoms with Crippen LogP contribution in [-0.4, -0.2) is 11.9 Å². The van der Waals surface area contributed by atoms with E-state index in [4.69, 9.17) is 11.5 Å². The highest BCUT2D eigenvalue weighted by atomic mass is 19.1. The Bertz CT molecular complexity index is 632. The fourth-order valence-electron chi connectivity index (χ4n) is 3.58. The molecule has 1 saturated carbocycles.